The molecule has 4 heteroatoms. The first-order valence-electron chi connectivity index (χ1n) is 6.32. The Morgan fingerprint density at radius 2 is 1.80 bits per heavy atom. The standard InChI is InChI=1S/C16H13BrN2O/c1-10-7-16(11(2)20)19(18-10)15-6-4-12-8-14(17)5-3-13(12)9-15/h3-9H,1-2H3. The van der Waals surface area contributed by atoms with Crippen molar-refractivity contribution in [2.45, 2.75) is 13.8 Å². The van der Waals surface area contributed by atoms with Crippen LogP contribution in [0.5, 0.6) is 0 Å². The van der Waals surface area contributed by atoms with E-state index in [9.17, 15) is 4.79 Å². The minimum absolute atomic E-state index is 0.0153. The van der Waals surface area contributed by atoms with Gasteiger partial charge in [0.1, 0.15) is 5.69 Å². The van der Waals surface area contributed by atoms with E-state index in [4.69, 9.17) is 0 Å². The van der Waals surface area contributed by atoms with Crippen LogP contribution in [-0.2, 0) is 0 Å². The Morgan fingerprint density at radius 1 is 1.10 bits per heavy atom. The van der Waals surface area contributed by atoms with Gasteiger partial charge < -0.3 is 0 Å². The number of hydrogen-bond acceptors (Lipinski definition) is 2. The number of aryl methyl sites for hydroxylation is 1. The summed E-state index contributed by atoms with van der Waals surface area (Å²) in [5.41, 5.74) is 2.35. The van der Waals surface area contributed by atoms with E-state index in [-0.39, 0.29) is 5.78 Å². The third kappa shape index (κ3) is 2.27. The first-order valence-corrected chi connectivity index (χ1v) is 7.11. The van der Waals surface area contributed by atoms with E-state index in [1.165, 1.54) is 0 Å². The van der Waals surface area contributed by atoms with E-state index in [0.29, 0.717) is 5.69 Å². The lowest BCUT2D eigenvalue weighted by Gasteiger charge is -2.07. The van der Waals surface area contributed by atoms with Crippen molar-refractivity contribution in [3.63, 3.8) is 0 Å². The zero-order valence-corrected chi connectivity index (χ0v) is 12.8. The molecular weight excluding hydrogens is 316 g/mol. The van der Waals surface area contributed by atoms with E-state index in [0.717, 1.165) is 26.6 Å². The van der Waals surface area contributed by atoms with Crippen LogP contribution >= 0.6 is 15.9 Å². The van der Waals surface area contributed by atoms with Crippen LogP contribution in [0, 0.1) is 6.92 Å². The second-order valence-electron chi connectivity index (χ2n) is 4.81. The Hall–Kier alpha value is -1.94. The predicted molar refractivity (Wildman–Crippen MR) is 83.5 cm³/mol. The predicted octanol–water partition coefficient (Wildman–Crippen LogP) is 4.30. The van der Waals surface area contributed by atoms with Crippen LogP contribution in [0.25, 0.3) is 16.5 Å². The summed E-state index contributed by atoms with van der Waals surface area (Å²) in [6.07, 6.45) is 0. The average molecular weight is 329 g/mol. The normalized spacial score (nSPS) is 10.9. The quantitative estimate of drug-likeness (QED) is 0.657. The molecule has 0 aliphatic carbocycles. The molecule has 0 amide bonds. The molecule has 20 heavy (non-hydrogen) atoms. The largest absolute Gasteiger partial charge is 0.293 e. The lowest BCUT2D eigenvalue weighted by atomic mass is 10.1. The highest BCUT2D eigenvalue weighted by Gasteiger charge is 2.11. The van der Waals surface area contributed by atoms with Crippen molar-refractivity contribution in [2.24, 2.45) is 0 Å². The molecule has 0 saturated carbocycles. The molecule has 3 nitrogen and oxygen atoms in total. The fourth-order valence-electron chi connectivity index (χ4n) is 2.28. The van der Waals surface area contributed by atoms with Gasteiger partial charge in [-0.2, -0.15) is 5.10 Å². The molecule has 0 unspecified atom stereocenters. The molecule has 3 rings (SSSR count). The molecule has 0 atom stereocenters. The van der Waals surface area contributed by atoms with Crippen molar-refractivity contribution >= 4 is 32.5 Å². The van der Waals surface area contributed by atoms with E-state index >= 15 is 0 Å². The highest BCUT2D eigenvalue weighted by molar-refractivity contribution is 9.10. The van der Waals surface area contributed by atoms with Crippen LogP contribution in [0.4, 0.5) is 0 Å². The molecule has 0 saturated heterocycles. The fraction of sp³-hybridized carbons (Fsp3) is 0.125. The van der Waals surface area contributed by atoms with E-state index in [1.807, 2.05) is 43.3 Å². The summed E-state index contributed by atoms with van der Waals surface area (Å²) in [5.74, 6) is 0.0153. The number of aromatic nitrogens is 2. The van der Waals surface area contributed by atoms with Crippen LogP contribution in [0.1, 0.15) is 23.1 Å². The monoisotopic (exact) mass is 328 g/mol. The molecule has 0 aliphatic heterocycles. The van der Waals surface area contributed by atoms with Gasteiger partial charge in [0, 0.05) is 11.4 Å². The molecular formula is C16H13BrN2O. The number of ketones is 1. The smallest absolute Gasteiger partial charge is 0.178 e. The van der Waals surface area contributed by atoms with E-state index < -0.39 is 0 Å². The van der Waals surface area contributed by atoms with Crippen LogP contribution in [-0.4, -0.2) is 15.6 Å². The zero-order valence-electron chi connectivity index (χ0n) is 11.2. The van der Waals surface area contributed by atoms with Gasteiger partial charge >= 0.3 is 0 Å². The number of hydrogen-bond donors (Lipinski definition) is 0. The molecule has 100 valence electrons. The lowest BCUT2D eigenvalue weighted by Crippen LogP contribution is -2.05. The average Bonchev–Trinajstić information content (AvgIpc) is 2.80. The first-order chi connectivity index (χ1) is 9.54. The van der Waals surface area contributed by atoms with Crippen molar-refractivity contribution in [2.75, 3.05) is 0 Å². The Morgan fingerprint density at radius 3 is 2.55 bits per heavy atom. The maximum atomic E-state index is 11.7. The van der Waals surface area contributed by atoms with Gasteiger partial charge in [0.2, 0.25) is 0 Å². The van der Waals surface area contributed by atoms with Gasteiger partial charge in [0.15, 0.2) is 5.78 Å². The van der Waals surface area contributed by atoms with Crippen LogP contribution in [0.2, 0.25) is 0 Å². The number of halogens is 1. The SMILES string of the molecule is CC(=O)c1cc(C)nn1-c1ccc2cc(Br)ccc2c1. The fourth-order valence-corrected chi connectivity index (χ4v) is 2.66. The number of carbonyl (C=O) groups excluding carboxylic acids is 1. The zero-order chi connectivity index (χ0) is 14.3. The first kappa shape index (κ1) is 13.1. The third-order valence-corrected chi connectivity index (χ3v) is 3.72. The molecule has 0 aliphatic rings. The van der Waals surface area contributed by atoms with Crippen LogP contribution in [0.3, 0.4) is 0 Å². The van der Waals surface area contributed by atoms with Gasteiger partial charge in [-0.1, -0.05) is 28.1 Å². The summed E-state index contributed by atoms with van der Waals surface area (Å²) in [7, 11) is 0. The summed E-state index contributed by atoms with van der Waals surface area (Å²) in [6, 6.07) is 14.0. The van der Waals surface area contributed by atoms with E-state index in [2.05, 4.69) is 27.1 Å². The van der Waals surface area contributed by atoms with Gasteiger partial charge in [-0.3, -0.25) is 4.79 Å². The molecule has 0 N–H and O–H groups in total. The maximum absolute atomic E-state index is 11.7. The second kappa shape index (κ2) is 4.87. The van der Waals surface area contributed by atoms with Crippen molar-refractivity contribution in [1.29, 1.82) is 0 Å². The Kier molecular flexibility index (Phi) is 3.18. The Labute approximate surface area is 125 Å². The summed E-state index contributed by atoms with van der Waals surface area (Å²) in [6.45, 7) is 3.45. The number of fused-ring (bicyclic) bond motifs is 1. The molecule has 3 aromatic rings. The lowest BCUT2D eigenvalue weighted by molar-refractivity contribution is 0.101. The number of benzene rings is 2. The van der Waals surface area contributed by atoms with Crippen LogP contribution < -0.4 is 0 Å². The number of Topliss-reactive ketones (excluding diaryl/α,β-unsaturated/α-hetero) is 1. The summed E-state index contributed by atoms with van der Waals surface area (Å²) in [4.78, 5) is 11.7. The molecule has 2 aromatic carbocycles. The third-order valence-electron chi connectivity index (χ3n) is 3.22. The second-order valence-corrected chi connectivity index (χ2v) is 5.73. The van der Waals surface area contributed by atoms with Gasteiger partial charge in [0.25, 0.3) is 0 Å². The topological polar surface area (TPSA) is 34.9 Å². The number of rotatable bonds is 2. The molecule has 0 bridgehead atoms. The van der Waals surface area contributed by atoms with Crippen LogP contribution in [0.15, 0.2) is 46.9 Å². The summed E-state index contributed by atoms with van der Waals surface area (Å²) >= 11 is 3.47. The van der Waals surface area contributed by atoms with Gasteiger partial charge in [-0.05, 0) is 48.0 Å². The number of nitrogens with zero attached hydrogens (tertiary/aromatic N) is 2. The van der Waals surface area contributed by atoms with Gasteiger partial charge in [-0.15, -0.1) is 0 Å². The molecule has 0 radical (unpaired) electrons. The molecule has 1 heterocycles. The molecule has 0 fully saturated rings. The van der Waals surface area contributed by atoms with Crippen molar-refractivity contribution < 1.29 is 4.79 Å². The minimum atomic E-state index is 0.0153. The summed E-state index contributed by atoms with van der Waals surface area (Å²) < 4.78 is 2.76. The van der Waals surface area contributed by atoms with Crippen molar-refractivity contribution in [3.05, 3.63) is 58.3 Å². The van der Waals surface area contributed by atoms with E-state index in [1.54, 1.807) is 11.6 Å². The van der Waals surface area contributed by atoms with Crippen molar-refractivity contribution in [3.8, 4) is 5.69 Å². The van der Waals surface area contributed by atoms with Gasteiger partial charge in [0.05, 0.1) is 11.4 Å². The summed E-state index contributed by atoms with van der Waals surface area (Å²) in [5, 5.41) is 6.68. The highest BCUT2D eigenvalue weighted by atomic mass is 79.9. The number of carbonyl (C=O) groups is 1. The highest BCUT2D eigenvalue weighted by Crippen LogP contribution is 2.23. The molecule has 1 aromatic heterocycles. The minimum Gasteiger partial charge on any atom is -0.293 e. The molecule has 0 spiro atoms. The van der Waals surface area contributed by atoms with Gasteiger partial charge in [-0.25, -0.2) is 4.68 Å². The van der Waals surface area contributed by atoms with Crippen molar-refractivity contribution in [1.82, 2.24) is 9.78 Å². The maximum Gasteiger partial charge on any atom is 0.178 e. The Balaban J connectivity index is 2.20. The Bertz CT molecular complexity index is 820.